The zero-order chi connectivity index (χ0) is 15.7. The van der Waals surface area contributed by atoms with Gasteiger partial charge in [0.25, 0.3) is 0 Å². The molecule has 1 aromatic heterocycles. The predicted molar refractivity (Wildman–Crippen MR) is 85.7 cm³/mol. The first-order chi connectivity index (χ1) is 10.6. The Kier molecular flexibility index (Phi) is 4.16. The van der Waals surface area contributed by atoms with Gasteiger partial charge in [-0.25, -0.2) is 4.98 Å². The highest BCUT2D eigenvalue weighted by atomic mass is 16.5. The molecule has 1 aliphatic rings. The number of ether oxygens (including phenoxy) is 1. The second-order valence-electron chi connectivity index (χ2n) is 6.00. The van der Waals surface area contributed by atoms with Crippen LogP contribution in [0.1, 0.15) is 26.6 Å². The Morgan fingerprint density at radius 1 is 1.36 bits per heavy atom. The molecule has 3 rings (SSSR count). The fourth-order valence-corrected chi connectivity index (χ4v) is 3.05. The van der Waals surface area contributed by atoms with Crippen molar-refractivity contribution in [3.05, 3.63) is 30.1 Å². The average Bonchev–Trinajstić information content (AvgIpc) is 2.87. The molecule has 5 heteroatoms. The Bertz CT molecular complexity index is 680. The standard InChI is InChI=1S/C17H23N3O2/c1-4-16-18-14-7-5-6-8-15(14)20(16)10-17(21)19-9-13(3)22-11-12(19)2/h5-8,12-13H,4,9-11H2,1-3H3. The number of hydrogen-bond acceptors (Lipinski definition) is 3. The number of aromatic nitrogens is 2. The van der Waals surface area contributed by atoms with Crippen LogP contribution in [-0.2, 0) is 22.5 Å². The molecule has 1 fully saturated rings. The van der Waals surface area contributed by atoms with Crippen LogP contribution in [0.25, 0.3) is 11.0 Å². The van der Waals surface area contributed by atoms with Crippen molar-refractivity contribution in [1.29, 1.82) is 0 Å². The highest BCUT2D eigenvalue weighted by Crippen LogP contribution is 2.18. The number of rotatable bonds is 3. The maximum absolute atomic E-state index is 12.8. The monoisotopic (exact) mass is 301 g/mol. The van der Waals surface area contributed by atoms with Crippen molar-refractivity contribution >= 4 is 16.9 Å². The second-order valence-corrected chi connectivity index (χ2v) is 6.00. The minimum atomic E-state index is 0.102. The van der Waals surface area contributed by atoms with Gasteiger partial charge in [0.15, 0.2) is 0 Å². The lowest BCUT2D eigenvalue weighted by Crippen LogP contribution is -2.51. The third kappa shape index (κ3) is 2.73. The summed E-state index contributed by atoms with van der Waals surface area (Å²) in [6, 6.07) is 8.12. The minimum Gasteiger partial charge on any atom is -0.375 e. The maximum atomic E-state index is 12.8. The highest BCUT2D eigenvalue weighted by Gasteiger charge is 2.28. The van der Waals surface area contributed by atoms with E-state index in [0.717, 1.165) is 23.3 Å². The van der Waals surface area contributed by atoms with E-state index in [1.165, 1.54) is 0 Å². The summed E-state index contributed by atoms with van der Waals surface area (Å²) in [6.07, 6.45) is 0.919. The molecule has 2 unspecified atom stereocenters. The molecular weight excluding hydrogens is 278 g/mol. The number of aryl methyl sites for hydroxylation is 1. The summed E-state index contributed by atoms with van der Waals surface area (Å²) in [6.45, 7) is 7.74. The van der Waals surface area contributed by atoms with Crippen molar-refractivity contribution in [2.45, 2.75) is 45.9 Å². The predicted octanol–water partition coefficient (Wildman–Crippen LogP) is 2.23. The number of amides is 1. The smallest absolute Gasteiger partial charge is 0.242 e. The Hall–Kier alpha value is -1.88. The molecule has 0 radical (unpaired) electrons. The first kappa shape index (κ1) is 15.0. The summed E-state index contributed by atoms with van der Waals surface area (Å²) < 4.78 is 7.65. The van der Waals surface area contributed by atoms with Crippen LogP contribution in [0.5, 0.6) is 0 Å². The SMILES string of the molecule is CCc1nc2ccccc2n1CC(=O)N1CC(C)OCC1C. The van der Waals surface area contributed by atoms with Crippen LogP contribution >= 0.6 is 0 Å². The fourth-order valence-electron chi connectivity index (χ4n) is 3.05. The number of nitrogens with zero attached hydrogens (tertiary/aromatic N) is 3. The number of imidazole rings is 1. The molecule has 2 atom stereocenters. The lowest BCUT2D eigenvalue weighted by molar-refractivity contribution is -0.143. The number of benzene rings is 1. The normalized spacial score (nSPS) is 22.2. The summed E-state index contributed by atoms with van der Waals surface area (Å²) in [5.74, 6) is 1.10. The number of carbonyl (C=O) groups excluding carboxylic acids is 1. The van der Waals surface area contributed by atoms with E-state index in [4.69, 9.17) is 4.74 Å². The summed E-state index contributed by atoms with van der Waals surface area (Å²) in [5.41, 5.74) is 1.98. The molecule has 1 aromatic carbocycles. The van der Waals surface area contributed by atoms with Gasteiger partial charge in [-0.15, -0.1) is 0 Å². The fraction of sp³-hybridized carbons (Fsp3) is 0.529. The molecular formula is C17H23N3O2. The van der Waals surface area contributed by atoms with Crippen LogP contribution in [0.4, 0.5) is 0 Å². The third-order valence-electron chi connectivity index (χ3n) is 4.27. The largest absolute Gasteiger partial charge is 0.375 e. The lowest BCUT2D eigenvalue weighted by Gasteiger charge is -2.37. The summed E-state index contributed by atoms with van der Waals surface area (Å²) in [7, 11) is 0. The van der Waals surface area contributed by atoms with Gasteiger partial charge < -0.3 is 14.2 Å². The summed E-state index contributed by atoms with van der Waals surface area (Å²) in [4.78, 5) is 19.3. The number of para-hydroxylation sites is 2. The van der Waals surface area contributed by atoms with Crippen LogP contribution in [0.3, 0.4) is 0 Å². The van der Waals surface area contributed by atoms with E-state index in [9.17, 15) is 4.79 Å². The Labute approximate surface area is 130 Å². The van der Waals surface area contributed by atoms with Gasteiger partial charge in [-0.1, -0.05) is 19.1 Å². The van der Waals surface area contributed by atoms with E-state index in [1.54, 1.807) is 0 Å². The third-order valence-corrected chi connectivity index (χ3v) is 4.27. The molecule has 2 aromatic rings. The van der Waals surface area contributed by atoms with E-state index >= 15 is 0 Å². The quantitative estimate of drug-likeness (QED) is 0.873. The molecule has 0 aliphatic carbocycles. The van der Waals surface area contributed by atoms with Crippen molar-refractivity contribution in [1.82, 2.24) is 14.5 Å². The molecule has 1 saturated heterocycles. The van der Waals surface area contributed by atoms with Crippen LogP contribution < -0.4 is 0 Å². The van der Waals surface area contributed by atoms with Gasteiger partial charge >= 0.3 is 0 Å². The van der Waals surface area contributed by atoms with Crippen LogP contribution in [0, 0.1) is 0 Å². The van der Waals surface area contributed by atoms with Crippen molar-refractivity contribution in [3.63, 3.8) is 0 Å². The van der Waals surface area contributed by atoms with Crippen LogP contribution in [-0.4, -0.2) is 45.7 Å². The molecule has 1 amide bonds. The molecule has 1 aliphatic heterocycles. The van der Waals surface area contributed by atoms with Gasteiger partial charge in [0.1, 0.15) is 12.4 Å². The molecule has 0 saturated carbocycles. The topological polar surface area (TPSA) is 47.4 Å². The maximum Gasteiger partial charge on any atom is 0.242 e. The number of fused-ring (bicyclic) bond motifs is 1. The van der Waals surface area contributed by atoms with Crippen LogP contribution in [0.15, 0.2) is 24.3 Å². The lowest BCUT2D eigenvalue weighted by atomic mass is 10.2. The van der Waals surface area contributed by atoms with Crippen molar-refractivity contribution in [2.24, 2.45) is 0 Å². The molecule has 22 heavy (non-hydrogen) atoms. The zero-order valence-corrected chi connectivity index (χ0v) is 13.5. The van der Waals surface area contributed by atoms with E-state index in [0.29, 0.717) is 19.7 Å². The Balaban J connectivity index is 1.87. The van der Waals surface area contributed by atoms with Gasteiger partial charge in [-0.3, -0.25) is 4.79 Å². The van der Waals surface area contributed by atoms with Crippen molar-refractivity contribution in [2.75, 3.05) is 13.2 Å². The Morgan fingerprint density at radius 3 is 2.91 bits per heavy atom. The number of morpholine rings is 1. The minimum absolute atomic E-state index is 0.102. The van der Waals surface area contributed by atoms with E-state index in [1.807, 2.05) is 47.6 Å². The van der Waals surface area contributed by atoms with Gasteiger partial charge in [0.05, 0.1) is 29.8 Å². The van der Waals surface area contributed by atoms with E-state index in [-0.39, 0.29) is 18.1 Å². The van der Waals surface area contributed by atoms with Crippen molar-refractivity contribution < 1.29 is 9.53 Å². The molecule has 0 N–H and O–H groups in total. The molecule has 0 bridgehead atoms. The summed E-state index contributed by atoms with van der Waals surface area (Å²) in [5, 5.41) is 0. The van der Waals surface area contributed by atoms with Crippen LogP contribution in [0.2, 0.25) is 0 Å². The number of hydrogen-bond donors (Lipinski definition) is 0. The average molecular weight is 301 g/mol. The van der Waals surface area contributed by atoms with Gasteiger partial charge in [-0.05, 0) is 26.0 Å². The molecule has 118 valence electrons. The molecule has 0 spiro atoms. The molecule has 5 nitrogen and oxygen atoms in total. The Morgan fingerprint density at radius 2 is 2.14 bits per heavy atom. The van der Waals surface area contributed by atoms with E-state index in [2.05, 4.69) is 11.9 Å². The summed E-state index contributed by atoms with van der Waals surface area (Å²) >= 11 is 0. The first-order valence-corrected chi connectivity index (χ1v) is 7.95. The highest BCUT2D eigenvalue weighted by molar-refractivity contribution is 5.81. The second kappa shape index (κ2) is 6.08. The van der Waals surface area contributed by atoms with Crippen molar-refractivity contribution in [3.8, 4) is 0 Å². The number of carbonyl (C=O) groups is 1. The van der Waals surface area contributed by atoms with Gasteiger partial charge in [0.2, 0.25) is 5.91 Å². The first-order valence-electron chi connectivity index (χ1n) is 7.95. The van der Waals surface area contributed by atoms with E-state index < -0.39 is 0 Å². The zero-order valence-electron chi connectivity index (χ0n) is 13.5. The molecule has 2 heterocycles. The van der Waals surface area contributed by atoms with Gasteiger partial charge in [-0.2, -0.15) is 0 Å². The van der Waals surface area contributed by atoms with Gasteiger partial charge in [0, 0.05) is 13.0 Å².